The molecule has 0 aliphatic heterocycles. The first-order chi connectivity index (χ1) is 5.11. The van der Waals surface area contributed by atoms with Crippen LogP contribution in [-0.4, -0.2) is 10.1 Å². The number of rotatable bonds is 1. The zero-order chi connectivity index (χ0) is 8.43. The fourth-order valence-corrected chi connectivity index (χ4v) is 0.853. The predicted molar refractivity (Wildman–Crippen MR) is 39.6 cm³/mol. The lowest BCUT2D eigenvalue weighted by atomic mass is 10.2. The monoisotopic (exact) mass is 155 g/mol. The van der Waals surface area contributed by atoms with Gasteiger partial charge in [0.1, 0.15) is 11.5 Å². The standard InChI is InChI=1S/C8H10FNO/c1-5-3-4-7(9)8(10-5)6(2)11/h3-4,6,11H,1-2H3. The summed E-state index contributed by atoms with van der Waals surface area (Å²) in [5.41, 5.74) is 0.826. The molecule has 0 saturated heterocycles. The molecule has 1 aromatic rings. The van der Waals surface area contributed by atoms with Crippen molar-refractivity contribution >= 4 is 0 Å². The minimum absolute atomic E-state index is 0.116. The Morgan fingerprint density at radius 3 is 2.64 bits per heavy atom. The van der Waals surface area contributed by atoms with E-state index < -0.39 is 11.9 Å². The van der Waals surface area contributed by atoms with Crippen molar-refractivity contribution in [2.75, 3.05) is 0 Å². The molecule has 1 heterocycles. The summed E-state index contributed by atoms with van der Waals surface area (Å²) in [6, 6.07) is 2.88. The minimum Gasteiger partial charge on any atom is -0.387 e. The molecule has 0 aromatic carbocycles. The molecule has 0 saturated carbocycles. The SMILES string of the molecule is Cc1ccc(F)c(C(C)O)n1. The zero-order valence-electron chi connectivity index (χ0n) is 6.50. The van der Waals surface area contributed by atoms with Crippen LogP contribution in [0.25, 0.3) is 0 Å². The van der Waals surface area contributed by atoms with Gasteiger partial charge in [-0.1, -0.05) is 0 Å². The van der Waals surface area contributed by atoms with Gasteiger partial charge in [-0.05, 0) is 26.0 Å². The fourth-order valence-electron chi connectivity index (χ4n) is 0.853. The van der Waals surface area contributed by atoms with Crippen LogP contribution in [0.1, 0.15) is 24.4 Å². The summed E-state index contributed by atoms with van der Waals surface area (Å²) < 4.78 is 12.8. The highest BCUT2D eigenvalue weighted by Gasteiger charge is 2.08. The average molecular weight is 155 g/mol. The maximum absolute atomic E-state index is 12.8. The molecule has 0 radical (unpaired) electrons. The molecule has 1 rings (SSSR count). The Morgan fingerprint density at radius 1 is 1.55 bits per heavy atom. The Bertz CT molecular complexity index is 260. The summed E-state index contributed by atoms with van der Waals surface area (Å²) in [6.07, 6.45) is -0.838. The number of hydrogen-bond donors (Lipinski definition) is 1. The number of aromatic nitrogens is 1. The third kappa shape index (κ3) is 1.74. The lowest BCUT2D eigenvalue weighted by molar-refractivity contribution is 0.188. The van der Waals surface area contributed by atoms with Crippen molar-refractivity contribution in [1.29, 1.82) is 0 Å². The van der Waals surface area contributed by atoms with Crippen molar-refractivity contribution < 1.29 is 9.50 Å². The number of aliphatic hydroxyl groups excluding tert-OH is 1. The number of hydrogen-bond acceptors (Lipinski definition) is 2. The molecule has 0 aliphatic carbocycles. The maximum atomic E-state index is 12.8. The van der Waals surface area contributed by atoms with E-state index in [0.29, 0.717) is 5.69 Å². The molecule has 11 heavy (non-hydrogen) atoms. The minimum atomic E-state index is -0.838. The molecule has 1 N–H and O–H groups in total. The summed E-state index contributed by atoms with van der Waals surface area (Å²) in [5.74, 6) is -0.453. The average Bonchev–Trinajstić information content (AvgIpc) is 1.94. The zero-order valence-corrected chi connectivity index (χ0v) is 6.50. The van der Waals surface area contributed by atoms with E-state index in [1.54, 1.807) is 13.0 Å². The molecule has 0 spiro atoms. The van der Waals surface area contributed by atoms with E-state index >= 15 is 0 Å². The fraction of sp³-hybridized carbons (Fsp3) is 0.375. The Morgan fingerprint density at radius 2 is 2.18 bits per heavy atom. The van der Waals surface area contributed by atoms with Crippen LogP contribution < -0.4 is 0 Å². The second-order valence-corrected chi connectivity index (χ2v) is 2.50. The van der Waals surface area contributed by atoms with Gasteiger partial charge in [0.25, 0.3) is 0 Å². The quantitative estimate of drug-likeness (QED) is 0.668. The normalized spacial score (nSPS) is 13.1. The highest BCUT2D eigenvalue weighted by molar-refractivity contribution is 5.13. The Labute approximate surface area is 64.7 Å². The first kappa shape index (κ1) is 8.14. The lowest BCUT2D eigenvalue weighted by Crippen LogP contribution is -2.00. The highest BCUT2D eigenvalue weighted by Crippen LogP contribution is 2.13. The summed E-state index contributed by atoms with van der Waals surface area (Å²) in [5, 5.41) is 9.03. The van der Waals surface area contributed by atoms with Gasteiger partial charge < -0.3 is 5.11 Å². The van der Waals surface area contributed by atoms with Crippen LogP contribution in [0.3, 0.4) is 0 Å². The van der Waals surface area contributed by atoms with Crippen LogP contribution in [0, 0.1) is 12.7 Å². The van der Waals surface area contributed by atoms with E-state index in [9.17, 15) is 4.39 Å². The van der Waals surface area contributed by atoms with Gasteiger partial charge in [-0.15, -0.1) is 0 Å². The largest absolute Gasteiger partial charge is 0.387 e. The van der Waals surface area contributed by atoms with E-state index in [1.807, 2.05) is 0 Å². The third-order valence-electron chi connectivity index (χ3n) is 1.41. The third-order valence-corrected chi connectivity index (χ3v) is 1.41. The van der Waals surface area contributed by atoms with Gasteiger partial charge in [-0.3, -0.25) is 4.98 Å². The van der Waals surface area contributed by atoms with Crippen molar-refractivity contribution in [3.63, 3.8) is 0 Å². The van der Waals surface area contributed by atoms with E-state index in [1.165, 1.54) is 13.0 Å². The van der Waals surface area contributed by atoms with Crippen LogP contribution in [0.2, 0.25) is 0 Å². The molecule has 60 valence electrons. The molecular formula is C8H10FNO. The summed E-state index contributed by atoms with van der Waals surface area (Å²) in [7, 11) is 0. The molecule has 0 amide bonds. The number of pyridine rings is 1. The van der Waals surface area contributed by atoms with E-state index in [0.717, 1.165) is 0 Å². The van der Waals surface area contributed by atoms with Crippen LogP contribution in [0.15, 0.2) is 12.1 Å². The van der Waals surface area contributed by atoms with E-state index in [4.69, 9.17) is 5.11 Å². The molecule has 0 aliphatic rings. The van der Waals surface area contributed by atoms with Crippen LogP contribution in [-0.2, 0) is 0 Å². The Hall–Kier alpha value is -0.960. The number of aryl methyl sites for hydroxylation is 1. The van der Waals surface area contributed by atoms with Crippen molar-refractivity contribution in [3.8, 4) is 0 Å². The van der Waals surface area contributed by atoms with E-state index in [2.05, 4.69) is 4.98 Å². The number of halogens is 1. The maximum Gasteiger partial charge on any atom is 0.147 e. The molecule has 1 unspecified atom stereocenters. The van der Waals surface area contributed by atoms with Crippen LogP contribution in [0.5, 0.6) is 0 Å². The van der Waals surface area contributed by atoms with Crippen molar-refractivity contribution in [3.05, 3.63) is 29.3 Å². The summed E-state index contributed by atoms with van der Waals surface area (Å²) >= 11 is 0. The van der Waals surface area contributed by atoms with Gasteiger partial charge in [0, 0.05) is 5.69 Å². The second-order valence-electron chi connectivity index (χ2n) is 2.50. The predicted octanol–water partition coefficient (Wildman–Crippen LogP) is 1.58. The highest BCUT2D eigenvalue weighted by atomic mass is 19.1. The van der Waals surface area contributed by atoms with Gasteiger partial charge in [0.05, 0.1) is 6.10 Å². The molecule has 1 atom stereocenters. The molecule has 2 nitrogen and oxygen atoms in total. The smallest absolute Gasteiger partial charge is 0.147 e. The van der Waals surface area contributed by atoms with E-state index in [-0.39, 0.29) is 5.69 Å². The first-order valence-electron chi connectivity index (χ1n) is 3.42. The van der Waals surface area contributed by atoms with Crippen LogP contribution in [0.4, 0.5) is 4.39 Å². The van der Waals surface area contributed by atoms with Gasteiger partial charge in [-0.25, -0.2) is 4.39 Å². The Balaban J connectivity index is 3.13. The lowest BCUT2D eigenvalue weighted by Gasteiger charge is -2.04. The summed E-state index contributed by atoms with van der Waals surface area (Å²) in [6.45, 7) is 3.25. The first-order valence-corrected chi connectivity index (χ1v) is 3.42. The van der Waals surface area contributed by atoms with Gasteiger partial charge >= 0.3 is 0 Å². The van der Waals surface area contributed by atoms with Crippen molar-refractivity contribution in [1.82, 2.24) is 4.98 Å². The van der Waals surface area contributed by atoms with Crippen molar-refractivity contribution in [2.45, 2.75) is 20.0 Å². The Kier molecular flexibility index (Phi) is 2.19. The van der Waals surface area contributed by atoms with Gasteiger partial charge in [0.15, 0.2) is 0 Å². The van der Waals surface area contributed by atoms with Gasteiger partial charge in [0.2, 0.25) is 0 Å². The van der Waals surface area contributed by atoms with Crippen LogP contribution >= 0.6 is 0 Å². The second kappa shape index (κ2) is 2.96. The molecule has 3 heteroatoms. The molecular weight excluding hydrogens is 145 g/mol. The number of nitrogens with zero attached hydrogens (tertiary/aromatic N) is 1. The number of aliphatic hydroxyl groups is 1. The summed E-state index contributed by atoms with van der Waals surface area (Å²) in [4.78, 5) is 3.85. The topological polar surface area (TPSA) is 33.1 Å². The van der Waals surface area contributed by atoms with Gasteiger partial charge in [-0.2, -0.15) is 0 Å². The van der Waals surface area contributed by atoms with Crippen molar-refractivity contribution in [2.24, 2.45) is 0 Å². The molecule has 0 fully saturated rings. The molecule has 0 bridgehead atoms. The molecule has 1 aromatic heterocycles.